The second-order valence-corrected chi connectivity index (χ2v) is 4.28. The molecule has 2 heteroatoms. The molecule has 1 aromatic carbocycles. The number of hydrogen-bond acceptors (Lipinski definition) is 1. The maximum Gasteiger partial charge on any atom is 0.0406 e. The summed E-state index contributed by atoms with van der Waals surface area (Å²) in [7, 11) is 0. The van der Waals surface area contributed by atoms with Crippen LogP contribution in [0.2, 0.25) is 5.02 Å². The molecule has 0 aromatic heterocycles. The van der Waals surface area contributed by atoms with Crippen molar-refractivity contribution in [2.24, 2.45) is 0 Å². The van der Waals surface area contributed by atoms with Crippen molar-refractivity contribution in [2.75, 3.05) is 13.1 Å². The lowest BCUT2D eigenvalue weighted by molar-refractivity contribution is 0.341. The van der Waals surface area contributed by atoms with Gasteiger partial charge in [-0.2, -0.15) is 0 Å². The molecular weight excluding hydrogens is 194 g/mol. The predicted molar refractivity (Wildman–Crippen MR) is 60.5 cm³/mol. The predicted octanol–water partition coefficient (Wildman–Crippen LogP) is 3.10. The van der Waals surface area contributed by atoms with E-state index in [1.165, 1.54) is 11.1 Å². The van der Waals surface area contributed by atoms with Gasteiger partial charge in [-0.1, -0.05) is 35.4 Å². The third-order valence-corrected chi connectivity index (χ3v) is 2.74. The highest BCUT2D eigenvalue weighted by molar-refractivity contribution is 6.30. The summed E-state index contributed by atoms with van der Waals surface area (Å²) in [5.41, 5.74) is 2.80. The Labute approximate surface area is 90.0 Å². The molecule has 0 unspecified atom stereocenters. The molecule has 1 heterocycles. The zero-order valence-electron chi connectivity index (χ0n) is 8.33. The van der Waals surface area contributed by atoms with E-state index in [1.54, 1.807) is 0 Å². The Morgan fingerprint density at radius 2 is 2.00 bits per heavy atom. The monoisotopic (exact) mass is 207 g/mol. The summed E-state index contributed by atoms with van der Waals surface area (Å²) < 4.78 is 0. The highest BCUT2D eigenvalue weighted by atomic mass is 35.5. The average molecular weight is 208 g/mol. The highest BCUT2D eigenvalue weighted by Crippen LogP contribution is 2.14. The van der Waals surface area contributed by atoms with Crippen molar-refractivity contribution in [2.45, 2.75) is 13.5 Å². The minimum absolute atomic E-state index is 0.810. The fourth-order valence-corrected chi connectivity index (χ4v) is 1.86. The normalized spacial score (nSPS) is 17.1. The second-order valence-electron chi connectivity index (χ2n) is 3.85. The molecule has 1 aromatic rings. The maximum absolute atomic E-state index is 5.83. The van der Waals surface area contributed by atoms with Crippen LogP contribution in [0.1, 0.15) is 12.5 Å². The van der Waals surface area contributed by atoms with E-state index in [0.29, 0.717) is 0 Å². The van der Waals surface area contributed by atoms with Crippen LogP contribution in [0.25, 0.3) is 0 Å². The first-order valence-electron chi connectivity index (χ1n) is 4.86. The van der Waals surface area contributed by atoms with Crippen LogP contribution in [-0.2, 0) is 6.54 Å². The molecule has 0 amide bonds. The minimum atomic E-state index is 0.810. The first-order chi connectivity index (χ1) is 6.74. The largest absolute Gasteiger partial charge is 0.292 e. The minimum Gasteiger partial charge on any atom is -0.292 e. The fraction of sp³-hybridized carbons (Fsp3) is 0.333. The van der Waals surface area contributed by atoms with Crippen molar-refractivity contribution < 1.29 is 0 Å². The van der Waals surface area contributed by atoms with Crippen LogP contribution in [0.4, 0.5) is 0 Å². The van der Waals surface area contributed by atoms with E-state index >= 15 is 0 Å². The molecule has 0 bridgehead atoms. The third kappa shape index (κ3) is 2.37. The molecule has 0 fully saturated rings. The van der Waals surface area contributed by atoms with Gasteiger partial charge in [-0.3, -0.25) is 4.90 Å². The molecule has 14 heavy (non-hydrogen) atoms. The van der Waals surface area contributed by atoms with Gasteiger partial charge in [0.25, 0.3) is 0 Å². The maximum atomic E-state index is 5.83. The molecule has 0 radical (unpaired) electrons. The molecule has 1 aliphatic rings. The van der Waals surface area contributed by atoms with Crippen molar-refractivity contribution in [1.82, 2.24) is 4.90 Å². The van der Waals surface area contributed by atoms with Gasteiger partial charge in [0.15, 0.2) is 0 Å². The van der Waals surface area contributed by atoms with E-state index in [4.69, 9.17) is 11.6 Å². The van der Waals surface area contributed by atoms with Gasteiger partial charge in [-0.25, -0.2) is 0 Å². The highest BCUT2D eigenvalue weighted by Gasteiger charge is 2.10. The van der Waals surface area contributed by atoms with Gasteiger partial charge in [-0.05, 0) is 24.6 Å². The van der Waals surface area contributed by atoms with Gasteiger partial charge in [-0.15, -0.1) is 0 Å². The van der Waals surface area contributed by atoms with Crippen LogP contribution in [0.3, 0.4) is 0 Å². The first kappa shape index (κ1) is 9.75. The molecule has 0 aliphatic carbocycles. The van der Waals surface area contributed by atoms with E-state index in [0.717, 1.165) is 24.7 Å². The van der Waals surface area contributed by atoms with Gasteiger partial charge in [0.1, 0.15) is 0 Å². The number of hydrogen-bond donors (Lipinski definition) is 0. The van der Waals surface area contributed by atoms with E-state index in [2.05, 4.69) is 30.0 Å². The quantitative estimate of drug-likeness (QED) is 0.674. The van der Waals surface area contributed by atoms with Crippen LogP contribution in [-0.4, -0.2) is 18.0 Å². The summed E-state index contributed by atoms with van der Waals surface area (Å²) in [4.78, 5) is 2.42. The standard InChI is InChI=1S/C12H14ClN/c1-10-6-7-14(8-10)9-11-2-4-12(13)5-3-11/h2-6H,7-9H2,1H3. The Kier molecular flexibility index (Phi) is 2.90. The third-order valence-electron chi connectivity index (χ3n) is 2.49. The molecule has 1 aliphatic heterocycles. The van der Waals surface area contributed by atoms with E-state index in [9.17, 15) is 0 Å². The van der Waals surface area contributed by atoms with Gasteiger partial charge < -0.3 is 0 Å². The van der Waals surface area contributed by atoms with Crippen molar-refractivity contribution in [3.8, 4) is 0 Å². The topological polar surface area (TPSA) is 3.24 Å². The van der Waals surface area contributed by atoms with Crippen molar-refractivity contribution >= 4 is 11.6 Å². The van der Waals surface area contributed by atoms with Crippen molar-refractivity contribution in [3.63, 3.8) is 0 Å². The number of nitrogens with zero attached hydrogens (tertiary/aromatic N) is 1. The molecule has 0 spiro atoms. The zero-order chi connectivity index (χ0) is 9.97. The summed E-state index contributed by atoms with van der Waals surface area (Å²) in [5.74, 6) is 0. The van der Waals surface area contributed by atoms with E-state index in [-0.39, 0.29) is 0 Å². The molecule has 74 valence electrons. The van der Waals surface area contributed by atoms with Crippen LogP contribution >= 0.6 is 11.6 Å². The van der Waals surface area contributed by atoms with Crippen molar-refractivity contribution in [3.05, 3.63) is 46.5 Å². The molecule has 1 nitrogen and oxygen atoms in total. The number of benzene rings is 1. The lowest BCUT2D eigenvalue weighted by atomic mass is 10.2. The van der Waals surface area contributed by atoms with Crippen LogP contribution in [0.5, 0.6) is 0 Å². The second kappa shape index (κ2) is 4.16. The lowest BCUT2D eigenvalue weighted by Gasteiger charge is -2.15. The number of halogens is 1. The Balaban J connectivity index is 1.95. The molecule has 0 N–H and O–H groups in total. The summed E-state index contributed by atoms with van der Waals surface area (Å²) in [6.07, 6.45) is 2.29. The average Bonchev–Trinajstić information content (AvgIpc) is 2.56. The van der Waals surface area contributed by atoms with Gasteiger partial charge >= 0.3 is 0 Å². The van der Waals surface area contributed by atoms with Crippen LogP contribution in [0.15, 0.2) is 35.9 Å². The fourth-order valence-electron chi connectivity index (χ4n) is 1.74. The smallest absolute Gasteiger partial charge is 0.0406 e. The zero-order valence-corrected chi connectivity index (χ0v) is 9.09. The number of rotatable bonds is 2. The summed E-state index contributed by atoms with van der Waals surface area (Å²) in [6.45, 7) is 5.38. The lowest BCUT2D eigenvalue weighted by Crippen LogP contribution is -2.19. The van der Waals surface area contributed by atoms with Crippen LogP contribution in [0, 0.1) is 0 Å². The Bertz CT molecular complexity index is 340. The molecular formula is C12H14ClN. The molecule has 0 saturated heterocycles. The van der Waals surface area contributed by atoms with E-state index < -0.39 is 0 Å². The van der Waals surface area contributed by atoms with E-state index in [1.807, 2.05) is 12.1 Å². The van der Waals surface area contributed by atoms with Crippen molar-refractivity contribution in [1.29, 1.82) is 0 Å². The summed E-state index contributed by atoms with van der Waals surface area (Å²) in [6, 6.07) is 8.09. The summed E-state index contributed by atoms with van der Waals surface area (Å²) >= 11 is 5.83. The molecule has 2 rings (SSSR count). The van der Waals surface area contributed by atoms with Gasteiger partial charge in [0, 0.05) is 24.7 Å². The Morgan fingerprint density at radius 3 is 2.57 bits per heavy atom. The SMILES string of the molecule is CC1=CCN(Cc2ccc(Cl)cc2)C1. The molecule has 0 atom stereocenters. The Morgan fingerprint density at radius 1 is 1.29 bits per heavy atom. The van der Waals surface area contributed by atoms with Gasteiger partial charge in [0.05, 0.1) is 0 Å². The summed E-state index contributed by atoms with van der Waals surface area (Å²) in [5, 5.41) is 0.810. The first-order valence-corrected chi connectivity index (χ1v) is 5.24. The molecule has 0 saturated carbocycles. The van der Waals surface area contributed by atoms with Crippen LogP contribution < -0.4 is 0 Å². The Hall–Kier alpha value is -0.790. The van der Waals surface area contributed by atoms with Gasteiger partial charge in [0.2, 0.25) is 0 Å².